The van der Waals surface area contributed by atoms with E-state index in [1.54, 1.807) is 19.2 Å². The Labute approximate surface area is 120 Å². The number of halogens is 1. The van der Waals surface area contributed by atoms with Gasteiger partial charge in [0, 0.05) is 5.02 Å². The molecule has 0 saturated heterocycles. The predicted molar refractivity (Wildman–Crippen MR) is 73.8 cm³/mol. The number of carbonyl (C=O) groups is 1. The van der Waals surface area contributed by atoms with Crippen LogP contribution in [0.5, 0.6) is 5.75 Å². The molecule has 8 heteroatoms. The molecule has 0 spiro atoms. The molecule has 1 aromatic heterocycles. The number of tetrazole rings is 1. The third-order valence-electron chi connectivity index (χ3n) is 2.54. The molecule has 0 saturated carbocycles. The van der Waals surface area contributed by atoms with Crippen molar-refractivity contribution in [3.8, 4) is 5.75 Å². The Kier molecular flexibility index (Phi) is 4.19. The zero-order valence-electron chi connectivity index (χ0n) is 11.3. The number of aryl methyl sites for hydroxylation is 3. The Morgan fingerprint density at radius 1 is 1.40 bits per heavy atom. The van der Waals surface area contributed by atoms with Gasteiger partial charge < -0.3 is 4.74 Å². The number of hydrogen-bond acceptors (Lipinski definition) is 5. The maximum atomic E-state index is 11.7. The van der Waals surface area contributed by atoms with Crippen molar-refractivity contribution in [2.45, 2.75) is 13.8 Å². The number of carbonyl (C=O) groups excluding carboxylic acids is 1. The van der Waals surface area contributed by atoms with Gasteiger partial charge in [-0.25, -0.2) is 0 Å². The quantitative estimate of drug-likeness (QED) is 0.924. The number of anilines is 1. The molecule has 1 amide bonds. The highest BCUT2D eigenvalue weighted by Crippen LogP contribution is 2.25. The van der Waals surface area contributed by atoms with Gasteiger partial charge in [0.05, 0.1) is 7.05 Å². The molecule has 0 aliphatic carbocycles. The van der Waals surface area contributed by atoms with Crippen LogP contribution in [0.2, 0.25) is 5.02 Å². The monoisotopic (exact) mass is 295 g/mol. The molecule has 1 N–H and O–H groups in total. The lowest BCUT2D eigenvalue weighted by atomic mass is 10.1. The zero-order chi connectivity index (χ0) is 14.7. The summed E-state index contributed by atoms with van der Waals surface area (Å²) >= 11 is 6.06. The molecule has 0 atom stereocenters. The van der Waals surface area contributed by atoms with Crippen LogP contribution in [0.15, 0.2) is 12.1 Å². The molecular weight excluding hydrogens is 282 g/mol. The lowest BCUT2D eigenvalue weighted by Crippen LogP contribution is -2.21. The van der Waals surface area contributed by atoms with E-state index < -0.39 is 0 Å². The summed E-state index contributed by atoms with van der Waals surface area (Å²) in [6, 6.07) is 3.56. The molecule has 0 fully saturated rings. The number of hydrogen-bond donors (Lipinski definition) is 1. The van der Waals surface area contributed by atoms with Gasteiger partial charge in [0.2, 0.25) is 0 Å². The number of nitrogens with one attached hydrogen (secondary N) is 1. The summed E-state index contributed by atoms with van der Waals surface area (Å²) in [4.78, 5) is 12.9. The van der Waals surface area contributed by atoms with Crippen LogP contribution in [0.25, 0.3) is 0 Å². The van der Waals surface area contributed by atoms with E-state index in [4.69, 9.17) is 16.3 Å². The first-order chi connectivity index (χ1) is 9.45. The standard InChI is InChI=1S/C12H14ClN5O2/c1-7-4-9(5-8(2)11(7)13)20-6-10(19)14-12-15-17-18(3)16-12/h4-5H,6H2,1-3H3,(H,14,16,19). The van der Waals surface area contributed by atoms with Crippen molar-refractivity contribution in [2.24, 2.45) is 7.05 Å². The third kappa shape index (κ3) is 3.45. The van der Waals surface area contributed by atoms with Gasteiger partial charge in [-0.15, -0.1) is 5.10 Å². The van der Waals surface area contributed by atoms with Crippen molar-refractivity contribution in [2.75, 3.05) is 11.9 Å². The molecule has 0 unspecified atom stereocenters. The van der Waals surface area contributed by atoms with Crippen LogP contribution in [0, 0.1) is 13.8 Å². The highest BCUT2D eigenvalue weighted by Gasteiger charge is 2.09. The summed E-state index contributed by atoms with van der Waals surface area (Å²) in [6.07, 6.45) is 0. The summed E-state index contributed by atoms with van der Waals surface area (Å²) in [5.74, 6) is 0.375. The molecule has 0 aliphatic heterocycles. The molecule has 106 valence electrons. The van der Waals surface area contributed by atoms with Crippen molar-refractivity contribution < 1.29 is 9.53 Å². The third-order valence-corrected chi connectivity index (χ3v) is 3.14. The highest BCUT2D eigenvalue weighted by atomic mass is 35.5. The number of ether oxygens (including phenoxy) is 1. The molecule has 7 nitrogen and oxygen atoms in total. The van der Waals surface area contributed by atoms with E-state index >= 15 is 0 Å². The summed E-state index contributed by atoms with van der Waals surface area (Å²) in [7, 11) is 1.61. The van der Waals surface area contributed by atoms with Crippen molar-refractivity contribution in [3.63, 3.8) is 0 Å². The van der Waals surface area contributed by atoms with Crippen LogP contribution in [0.4, 0.5) is 5.95 Å². The first-order valence-corrected chi connectivity index (χ1v) is 6.27. The first-order valence-electron chi connectivity index (χ1n) is 5.89. The average Bonchev–Trinajstić information content (AvgIpc) is 2.78. The largest absolute Gasteiger partial charge is 0.484 e. The SMILES string of the molecule is Cc1cc(OCC(=O)Nc2nnn(C)n2)cc(C)c1Cl. The Hall–Kier alpha value is -2.15. The Balaban J connectivity index is 1.93. The highest BCUT2D eigenvalue weighted by molar-refractivity contribution is 6.32. The first kappa shape index (κ1) is 14.3. The fourth-order valence-electron chi connectivity index (χ4n) is 1.63. The number of amides is 1. The molecule has 0 bridgehead atoms. The second-order valence-electron chi connectivity index (χ2n) is 4.31. The van der Waals surface area contributed by atoms with E-state index in [1.165, 1.54) is 4.80 Å². The van der Waals surface area contributed by atoms with Crippen molar-refractivity contribution in [3.05, 3.63) is 28.3 Å². The van der Waals surface area contributed by atoms with Crippen LogP contribution in [-0.4, -0.2) is 32.7 Å². The molecule has 2 rings (SSSR count). The molecule has 1 heterocycles. The van der Waals surface area contributed by atoms with Crippen LogP contribution >= 0.6 is 11.6 Å². The molecule has 2 aromatic rings. The van der Waals surface area contributed by atoms with Crippen molar-refractivity contribution >= 4 is 23.5 Å². The van der Waals surface area contributed by atoms with Crippen LogP contribution in [0.3, 0.4) is 0 Å². The van der Waals surface area contributed by atoms with Gasteiger partial charge in [-0.3, -0.25) is 10.1 Å². The second kappa shape index (κ2) is 5.87. The zero-order valence-corrected chi connectivity index (χ0v) is 12.1. The van der Waals surface area contributed by atoms with Crippen molar-refractivity contribution in [1.29, 1.82) is 0 Å². The predicted octanol–water partition coefficient (Wildman–Crippen LogP) is 1.50. The minimum Gasteiger partial charge on any atom is -0.484 e. The summed E-state index contributed by atoms with van der Waals surface area (Å²) in [5.41, 5.74) is 1.80. The van der Waals surface area contributed by atoms with Gasteiger partial charge >= 0.3 is 0 Å². The Bertz CT molecular complexity index is 618. The van der Waals surface area contributed by atoms with Crippen LogP contribution < -0.4 is 10.1 Å². The average molecular weight is 296 g/mol. The Morgan fingerprint density at radius 3 is 2.60 bits per heavy atom. The van der Waals surface area contributed by atoms with Gasteiger partial charge in [0.25, 0.3) is 11.9 Å². The Morgan fingerprint density at radius 2 is 2.05 bits per heavy atom. The van der Waals surface area contributed by atoms with E-state index in [9.17, 15) is 4.79 Å². The van der Waals surface area contributed by atoms with Crippen LogP contribution in [-0.2, 0) is 11.8 Å². The molecule has 0 aliphatic rings. The topological polar surface area (TPSA) is 81.9 Å². The number of aromatic nitrogens is 4. The fourth-order valence-corrected chi connectivity index (χ4v) is 1.74. The number of benzene rings is 1. The van der Waals surface area contributed by atoms with E-state index in [-0.39, 0.29) is 18.5 Å². The van der Waals surface area contributed by atoms with Gasteiger partial charge in [-0.2, -0.15) is 4.80 Å². The molecule has 20 heavy (non-hydrogen) atoms. The van der Waals surface area contributed by atoms with Gasteiger partial charge in [-0.1, -0.05) is 16.7 Å². The lowest BCUT2D eigenvalue weighted by molar-refractivity contribution is -0.118. The van der Waals surface area contributed by atoms with E-state index in [0.717, 1.165) is 11.1 Å². The molecular formula is C12H14ClN5O2. The molecule has 0 radical (unpaired) electrons. The van der Waals surface area contributed by atoms with Crippen LogP contribution in [0.1, 0.15) is 11.1 Å². The summed E-state index contributed by atoms with van der Waals surface area (Å²) < 4.78 is 5.41. The van der Waals surface area contributed by atoms with E-state index in [2.05, 4.69) is 20.7 Å². The summed E-state index contributed by atoms with van der Waals surface area (Å²) in [6.45, 7) is 3.62. The maximum absolute atomic E-state index is 11.7. The van der Waals surface area contributed by atoms with E-state index in [1.807, 2.05) is 13.8 Å². The fraction of sp³-hybridized carbons (Fsp3) is 0.333. The normalized spacial score (nSPS) is 10.4. The number of nitrogens with zero attached hydrogens (tertiary/aromatic N) is 4. The molecule has 1 aromatic carbocycles. The van der Waals surface area contributed by atoms with Gasteiger partial charge in [-0.05, 0) is 42.3 Å². The minimum absolute atomic E-state index is 0.140. The number of rotatable bonds is 4. The smallest absolute Gasteiger partial charge is 0.270 e. The van der Waals surface area contributed by atoms with Gasteiger partial charge in [0.1, 0.15) is 5.75 Å². The maximum Gasteiger partial charge on any atom is 0.270 e. The van der Waals surface area contributed by atoms with Crippen molar-refractivity contribution in [1.82, 2.24) is 20.2 Å². The van der Waals surface area contributed by atoms with E-state index in [0.29, 0.717) is 10.8 Å². The minimum atomic E-state index is -0.358. The summed E-state index contributed by atoms with van der Waals surface area (Å²) in [5, 5.41) is 14.3. The lowest BCUT2D eigenvalue weighted by Gasteiger charge is -2.09. The van der Waals surface area contributed by atoms with Gasteiger partial charge in [0.15, 0.2) is 6.61 Å². The second-order valence-corrected chi connectivity index (χ2v) is 4.69.